The number of nitrogens with one attached hydrogen (secondary N) is 1. The van der Waals surface area contributed by atoms with Crippen molar-refractivity contribution >= 4 is 16.9 Å². The average molecular weight is 283 g/mol. The molecule has 1 unspecified atom stereocenters. The highest BCUT2D eigenvalue weighted by molar-refractivity contribution is 8.14. The molecule has 0 amide bonds. The highest BCUT2D eigenvalue weighted by atomic mass is 32.2. The summed E-state index contributed by atoms with van der Waals surface area (Å²) < 4.78 is 0. The van der Waals surface area contributed by atoms with Crippen LogP contribution < -0.4 is 5.32 Å². The third kappa shape index (κ3) is 3.02. The number of amidine groups is 1. The zero-order chi connectivity index (χ0) is 13.8. The van der Waals surface area contributed by atoms with Gasteiger partial charge in [0.2, 0.25) is 0 Å². The maximum atomic E-state index is 4.59. The Morgan fingerprint density at radius 3 is 2.90 bits per heavy atom. The van der Waals surface area contributed by atoms with Gasteiger partial charge in [0, 0.05) is 18.9 Å². The largest absolute Gasteiger partial charge is 0.361 e. The molecule has 20 heavy (non-hydrogen) atoms. The first-order valence-corrected chi connectivity index (χ1v) is 7.60. The highest BCUT2D eigenvalue weighted by Gasteiger charge is 2.20. The Morgan fingerprint density at radius 2 is 2.10 bits per heavy atom. The third-order valence-corrected chi connectivity index (χ3v) is 4.61. The first-order chi connectivity index (χ1) is 9.83. The number of thioether (sulfide) groups is 1. The molecule has 0 saturated heterocycles. The Kier molecular flexibility index (Phi) is 4.02. The molecule has 1 aliphatic rings. The van der Waals surface area contributed by atoms with Crippen LogP contribution in [0, 0.1) is 6.92 Å². The molecule has 0 fully saturated rings. The van der Waals surface area contributed by atoms with Gasteiger partial charge in [0.1, 0.15) is 0 Å². The van der Waals surface area contributed by atoms with E-state index in [2.05, 4.69) is 46.5 Å². The summed E-state index contributed by atoms with van der Waals surface area (Å²) in [5, 5.41) is 4.88. The van der Waals surface area contributed by atoms with Crippen LogP contribution in [0.3, 0.4) is 0 Å². The van der Waals surface area contributed by atoms with Crippen molar-refractivity contribution in [3.8, 4) is 0 Å². The lowest BCUT2D eigenvalue weighted by Gasteiger charge is -2.10. The number of pyridine rings is 1. The topological polar surface area (TPSA) is 37.3 Å². The van der Waals surface area contributed by atoms with Crippen LogP contribution >= 0.6 is 11.8 Å². The van der Waals surface area contributed by atoms with Gasteiger partial charge in [-0.25, -0.2) is 0 Å². The number of benzene rings is 1. The lowest BCUT2D eigenvalue weighted by molar-refractivity contribution is 0.896. The quantitative estimate of drug-likeness (QED) is 0.939. The lowest BCUT2D eigenvalue weighted by atomic mass is 10.1. The molecule has 1 aromatic heterocycles. The minimum Gasteiger partial charge on any atom is -0.361 e. The Hall–Kier alpha value is -1.81. The molecule has 3 rings (SSSR count). The Labute approximate surface area is 123 Å². The molecule has 102 valence electrons. The van der Waals surface area contributed by atoms with Crippen LogP contribution in [0.25, 0.3) is 0 Å². The molecule has 1 atom stereocenters. The molecular weight excluding hydrogens is 266 g/mol. The number of nitrogens with zero attached hydrogens (tertiary/aromatic N) is 2. The number of aryl methyl sites for hydroxylation is 1. The molecule has 1 N–H and O–H groups in total. The molecule has 0 spiro atoms. The third-order valence-electron chi connectivity index (χ3n) is 3.40. The van der Waals surface area contributed by atoms with E-state index in [4.69, 9.17) is 0 Å². The van der Waals surface area contributed by atoms with E-state index >= 15 is 0 Å². The summed E-state index contributed by atoms with van der Waals surface area (Å²) in [5.74, 6) is 0. The zero-order valence-electron chi connectivity index (χ0n) is 11.4. The molecule has 4 heteroatoms. The SMILES string of the molecule is Cc1ccncc1CNC1=NCC(c2ccccc2)S1. The average Bonchev–Trinajstić information content (AvgIpc) is 2.96. The van der Waals surface area contributed by atoms with Gasteiger partial charge >= 0.3 is 0 Å². The van der Waals surface area contributed by atoms with Crippen molar-refractivity contribution < 1.29 is 0 Å². The smallest absolute Gasteiger partial charge is 0.157 e. The predicted octanol–water partition coefficient (Wildman–Crippen LogP) is 3.32. The van der Waals surface area contributed by atoms with Gasteiger partial charge in [-0.05, 0) is 29.7 Å². The van der Waals surface area contributed by atoms with Crippen molar-refractivity contribution in [3.05, 3.63) is 65.5 Å². The fourth-order valence-corrected chi connectivity index (χ4v) is 3.18. The molecule has 2 heterocycles. The summed E-state index contributed by atoms with van der Waals surface area (Å²) in [7, 11) is 0. The summed E-state index contributed by atoms with van der Waals surface area (Å²) in [4.78, 5) is 8.75. The lowest BCUT2D eigenvalue weighted by Crippen LogP contribution is -2.19. The molecule has 1 aliphatic heterocycles. The van der Waals surface area contributed by atoms with Gasteiger partial charge in [-0.15, -0.1) is 0 Å². The van der Waals surface area contributed by atoms with Crippen molar-refractivity contribution in [2.24, 2.45) is 4.99 Å². The molecular formula is C16H17N3S. The van der Waals surface area contributed by atoms with Crippen LogP contribution in [-0.2, 0) is 6.54 Å². The van der Waals surface area contributed by atoms with Gasteiger partial charge in [-0.3, -0.25) is 9.98 Å². The van der Waals surface area contributed by atoms with E-state index in [1.165, 1.54) is 16.7 Å². The maximum Gasteiger partial charge on any atom is 0.157 e. The van der Waals surface area contributed by atoms with Gasteiger partial charge in [0.25, 0.3) is 0 Å². The number of aliphatic imine (C=N–C) groups is 1. The number of hydrogen-bond acceptors (Lipinski definition) is 4. The van der Waals surface area contributed by atoms with Crippen LogP contribution in [-0.4, -0.2) is 16.7 Å². The molecule has 0 bridgehead atoms. The Balaban J connectivity index is 1.57. The minimum absolute atomic E-state index is 0.439. The molecule has 0 saturated carbocycles. The molecule has 0 radical (unpaired) electrons. The second-order valence-corrected chi connectivity index (χ2v) is 6.01. The summed E-state index contributed by atoms with van der Waals surface area (Å²) in [5.41, 5.74) is 3.82. The minimum atomic E-state index is 0.439. The standard InChI is InChI=1S/C16H17N3S/c1-12-7-8-17-9-14(12)10-18-16-19-11-15(20-16)13-5-3-2-4-6-13/h2-9,15H,10-11H2,1H3,(H,18,19). The fraction of sp³-hybridized carbons (Fsp3) is 0.250. The monoisotopic (exact) mass is 283 g/mol. The van der Waals surface area contributed by atoms with Gasteiger partial charge < -0.3 is 5.32 Å². The van der Waals surface area contributed by atoms with E-state index in [-0.39, 0.29) is 0 Å². The van der Waals surface area contributed by atoms with Crippen molar-refractivity contribution in [3.63, 3.8) is 0 Å². The summed E-state index contributed by atoms with van der Waals surface area (Å²) in [6.07, 6.45) is 3.74. The van der Waals surface area contributed by atoms with Crippen molar-refractivity contribution in [2.75, 3.05) is 6.54 Å². The van der Waals surface area contributed by atoms with Crippen LogP contribution in [0.2, 0.25) is 0 Å². The molecule has 0 aliphatic carbocycles. The second-order valence-electron chi connectivity index (χ2n) is 4.82. The van der Waals surface area contributed by atoms with Crippen molar-refractivity contribution in [1.82, 2.24) is 10.3 Å². The molecule has 2 aromatic rings. The summed E-state index contributed by atoms with van der Waals surface area (Å²) in [6, 6.07) is 12.6. The Morgan fingerprint density at radius 1 is 1.25 bits per heavy atom. The van der Waals surface area contributed by atoms with E-state index in [9.17, 15) is 0 Å². The highest BCUT2D eigenvalue weighted by Crippen LogP contribution is 2.34. The first-order valence-electron chi connectivity index (χ1n) is 6.72. The molecule has 1 aromatic carbocycles. The van der Waals surface area contributed by atoms with E-state index < -0.39 is 0 Å². The second kappa shape index (κ2) is 6.09. The maximum absolute atomic E-state index is 4.59. The van der Waals surface area contributed by atoms with Gasteiger partial charge in [0.05, 0.1) is 11.8 Å². The Bertz CT molecular complexity index is 610. The van der Waals surface area contributed by atoms with Crippen LogP contribution in [0.4, 0.5) is 0 Å². The van der Waals surface area contributed by atoms with Gasteiger partial charge in [0.15, 0.2) is 5.17 Å². The summed E-state index contributed by atoms with van der Waals surface area (Å²) >= 11 is 1.81. The normalized spacial score (nSPS) is 17.9. The fourth-order valence-electron chi connectivity index (χ4n) is 2.17. The zero-order valence-corrected chi connectivity index (χ0v) is 12.2. The van der Waals surface area contributed by atoms with Gasteiger partial charge in [-0.2, -0.15) is 0 Å². The number of aromatic nitrogens is 1. The van der Waals surface area contributed by atoms with E-state index in [0.29, 0.717) is 5.25 Å². The van der Waals surface area contributed by atoms with Gasteiger partial charge in [-0.1, -0.05) is 42.1 Å². The molecule has 3 nitrogen and oxygen atoms in total. The van der Waals surface area contributed by atoms with Crippen LogP contribution in [0.15, 0.2) is 53.8 Å². The van der Waals surface area contributed by atoms with E-state index in [1.54, 1.807) is 0 Å². The number of hydrogen-bond donors (Lipinski definition) is 1. The summed E-state index contributed by atoms with van der Waals surface area (Å²) in [6.45, 7) is 3.74. The van der Waals surface area contributed by atoms with Crippen molar-refractivity contribution in [1.29, 1.82) is 0 Å². The van der Waals surface area contributed by atoms with E-state index in [0.717, 1.165) is 18.3 Å². The number of rotatable bonds is 3. The first kappa shape index (κ1) is 13.2. The van der Waals surface area contributed by atoms with Crippen LogP contribution in [0.1, 0.15) is 21.9 Å². The van der Waals surface area contributed by atoms with Crippen LogP contribution in [0.5, 0.6) is 0 Å². The van der Waals surface area contributed by atoms with E-state index in [1.807, 2.05) is 36.3 Å². The predicted molar refractivity (Wildman–Crippen MR) is 84.9 cm³/mol. The van der Waals surface area contributed by atoms with Crippen molar-refractivity contribution in [2.45, 2.75) is 18.7 Å².